The number of likely N-dealkylation sites (tertiary alicyclic amines) is 1. The van der Waals surface area contributed by atoms with Crippen molar-refractivity contribution in [2.45, 2.75) is 56.1 Å². The molecule has 1 aromatic carbocycles. The van der Waals surface area contributed by atoms with Crippen LogP contribution in [0, 0.1) is 5.92 Å². The van der Waals surface area contributed by atoms with E-state index in [1.807, 2.05) is 18.2 Å². The molecule has 0 bridgehead atoms. The second kappa shape index (κ2) is 13.4. The van der Waals surface area contributed by atoms with Crippen LogP contribution in [-0.2, 0) is 9.59 Å². The Kier molecular flexibility index (Phi) is 10.4. The Morgan fingerprint density at radius 3 is 1.95 bits per heavy atom. The molecule has 2 aliphatic heterocycles. The Labute approximate surface area is 236 Å². The summed E-state index contributed by atoms with van der Waals surface area (Å²) in [4.78, 5) is 37.2. The Balaban J connectivity index is 0.000000289. The number of ether oxygens (including phenoxy) is 1. The average Bonchev–Trinajstić information content (AvgIpc) is 3.74. The number of benzene rings is 1. The predicted octanol–water partition coefficient (Wildman–Crippen LogP) is 4.85. The number of pyridine rings is 1. The Hall–Kier alpha value is -3.88. The first-order valence-corrected chi connectivity index (χ1v) is 12.9. The second-order valence-corrected chi connectivity index (χ2v) is 10.1. The quantitative estimate of drug-likeness (QED) is 0.422. The van der Waals surface area contributed by atoms with E-state index in [1.165, 1.54) is 19.4 Å². The first-order valence-electron chi connectivity index (χ1n) is 12.9. The third kappa shape index (κ3) is 9.60. The average molecular weight is 606 g/mol. The van der Waals surface area contributed by atoms with Crippen molar-refractivity contribution in [3.8, 4) is 5.75 Å². The number of amides is 1. The lowest BCUT2D eigenvalue weighted by Crippen LogP contribution is -2.52. The molecule has 9 nitrogen and oxygen atoms in total. The van der Waals surface area contributed by atoms with Crippen molar-refractivity contribution in [3.63, 3.8) is 0 Å². The van der Waals surface area contributed by atoms with Crippen LogP contribution in [-0.4, -0.2) is 75.5 Å². The van der Waals surface area contributed by atoms with Gasteiger partial charge in [-0.3, -0.25) is 9.78 Å². The first kappa shape index (κ1) is 32.6. The van der Waals surface area contributed by atoms with Gasteiger partial charge >= 0.3 is 24.3 Å². The summed E-state index contributed by atoms with van der Waals surface area (Å²) >= 11 is 0. The number of nitrogens with one attached hydrogen (secondary N) is 1. The van der Waals surface area contributed by atoms with E-state index in [0.717, 1.165) is 49.6 Å². The van der Waals surface area contributed by atoms with E-state index in [2.05, 4.69) is 21.3 Å². The second-order valence-electron chi connectivity index (χ2n) is 10.1. The summed E-state index contributed by atoms with van der Waals surface area (Å²) < 4.78 is 70.0. The van der Waals surface area contributed by atoms with Crippen LogP contribution >= 0.6 is 0 Å². The van der Waals surface area contributed by atoms with E-state index in [-0.39, 0.29) is 17.6 Å². The molecule has 230 valence electrons. The molecule has 3 aliphatic rings. The topological polar surface area (TPSA) is 129 Å². The molecule has 1 spiro atoms. The molecule has 1 atom stereocenters. The number of carboxylic acid groups (broad SMARTS) is 2. The molecule has 1 saturated heterocycles. The summed E-state index contributed by atoms with van der Waals surface area (Å²) in [5.41, 5.74) is 1.55. The van der Waals surface area contributed by atoms with Gasteiger partial charge in [0.15, 0.2) is 0 Å². The number of nitrogens with zero attached hydrogens (tertiary/aromatic N) is 2. The van der Waals surface area contributed by atoms with Crippen molar-refractivity contribution in [1.82, 2.24) is 15.2 Å². The van der Waals surface area contributed by atoms with Gasteiger partial charge in [-0.2, -0.15) is 26.3 Å². The van der Waals surface area contributed by atoms with Gasteiger partial charge < -0.3 is 25.2 Å². The number of fused-ring (bicyclic) bond motifs is 1. The summed E-state index contributed by atoms with van der Waals surface area (Å²) in [6.07, 6.45) is -1.18. The number of para-hydroxylation sites is 1. The number of alkyl halides is 6. The number of rotatable bonds is 4. The number of aromatic nitrogens is 1. The number of halogens is 6. The predicted molar refractivity (Wildman–Crippen MR) is 135 cm³/mol. The number of hydrogen-bond acceptors (Lipinski definition) is 6. The molecule has 15 heteroatoms. The van der Waals surface area contributed by atoms with E-state index in [1.54, 1.807) is 24.5 Å². The molecule has 2 aromatic rings. The third-order valence-corrected chi connectivity index (χ3v) is 6.91. The van der Waals surface area contributed by atoms with Crippen LogP contribution < -0.4 is 10.1 Å². The Morgan fingerprint density at radius 1 is 0.929 bits per heavy atom. The van der Waals surface area contributed by atoms with Crippen molar-refractivity contribution >= 4 is 17.8 Å². The fraction of sp³-hybridized carbons (Fsp3) is 0.481. The largest absolute Gasteiger partial charge is 0.490 e. The van der Waals surface area contributed by atoms with Crippen LogP contribution in [0.5, 0.6) is 5.75 Å². The van der Waals surface area contributed by atoms with E-state index in [0.29, 0.717) is 5.56 Å². The summed E-state index contributed by atoms with van der Waals surface area (Å²) in [5, 5.41) is 17.5. The zero-order chi connectivity index (χ0) is 31.1. The Morgan fingerprint density at radius 2 is 1.45 bits per heavy atom. The summed E-state index contributed by atoms with van der Waals surface area (Å²) in [6, 6.07) is 11.6. The van der Waals surface area contributed by atoms with Gasteiger partial charge in [-0.25, -0.2) is 9.59 Å². The normalized spacial score (nSPS) is 19.5. The zero-order valence-electron chi connectivity index (χ0n) is 22.1. The highest BCUT2D eigenvalue weighted by Crippen LogP contribution is 2.44. The van der Waals surface area contributed by atoms with Crippen molar-refractivity contribution in [3.05, 3.63) is 59.9 Å². The zero-order valence-corrected chi connectivity index (χ0v) is 22.1. The monoisotopic (exact) mass is 605 g/mol. The SMILES string of the molecule is O=C(NC1CC2(CCN(CC3CC3)CC2)Oc2ccccc21)c1ccncc1.O=C(O)C(F)(F)F.O=C(O)C(F)(F)F. The van der Waals surface area contributed by atoms with Crippen LogP contribution in [0.4, 0.5) is 26.3 Å². The minimum absolute atomic E-state index is 0.0272. The maximum absolute atomic E-state index is 12.8. The van der Waals surface area contributed by atoms with Crippen LogP contribution in [0.3, 0.4) is 0 Å². The highest BCUT2D eigenvalue weighted by atomic mass is 19.4. The lowest BCUT2D eigenvalue weighted by molar-refractivity contribution is -0.193. The highest BCUT2D eigenvalue weighted by molar-refractivity contribution is 5.94. The van der Waals surface area contributed by atoms with Gasteiger partial charge in [0.1, 0.15) is 11.4 Å². The fourth-order valence-electron chi connectivity index (χ4n) is 4.61. The molecule has 1 aromatic heterocycles. The van der Waals surface area contributed by atoms with Crippen LogP contribution in [0.15, 0.2) is 48.8 Å². The number of hydrogen-bond donors (Lipinski definition) is 3. The summed E-state index contributed by atoms with van der Waals surface area (Å²) in [5.74, 6) is -3.72. The number of carboxylic acids is 2. The lowest BCUT2D eigenvalue weighted by Gasteiger charge is -2.47. The maximum atomic E-state index is 12.8. The molecular formula is C27H29F6N3O6. The minimum atomic E-state index is -5.08. The van der Waals surface area contributed by atoms with Crippen LogP contribution in [0.2, 0.25) is 0 Å². The Bertz CT molecular complexity index is 1200. The molecule has 42 heavy (non-hydrogen) atoms. The van der Waals surface area contributed by atoms with Gasteiger partial charge in [-0.05, 0) is 49.8 Å². The lowest BCUT2D eigenvalue weighted by atomic mass is 9.80. The van der Waals surface area contributed by atoms with Crippen molar-refractivity contribution < 1.29 is 55.7 Å². The molecule has 3 heterocycles. The fourth-order valence-corrected chi connectivity index (χ4v) is 4.61. The van der Waals surface area contributed by atoms with Crippen LogP contribution in [0.25, 0.3) is 0 Å². The number of piperidine rings is 1. The van der Waals surface area contributed by atoms with Gasteiger partial charge in [0.25, 0.3) is 5.91 Å². The van der Waals surface area contributed by atoms with Gasteiger partial charge in [0.05, 0.1) is 6.04 Å². The van der Waals surface area contributed by atoms with Gasteiger partial charge in [0, 0.05) is 49.6 Å². The molecule has 1 amide bonds. The van der Waals surface area contributed by atoms with E-state index < -0.39 is 24.3 Å². The van der Waals surface area contributed by atoms with E-state index in [9.17, 15) is 31.1 Å². The van der Waals surface area contributed by atoms with E-state index >= 15 is 0 Å². The maximum Gasteiger partial charge on any atom is 0.490 e. The van der Waals surface area contributed by atoms with Crippen molar-refractivity contribution in [2.75, 3.05) is 19.6 Å². The van der Waals surface area contributed by atoms with Gasteiger partial charge in [0.2, 0.25) is 0 Å². The number of carbonyl (C=O) groups is 3. The molecule has 0 radical (unpaired) electrons. The smallest absolute Gasteiger partial charge is 0.487 e. The van der Waals surface area contributed by atoms with Crippen LogP contribution in [0.1, 0.15) is 54.1 Å². The standard InChI is InChI=1S/C23H27N3O2.2C2HF3O2/c27-22(18-7-11-24-12-8-18)25-20-15-23(28-21-4-2-1-3-19(20)21)9-13-26(14-10-23)16-17-5-6-17;2*3-2(4,5)1(6)7/h1-4,7-8,11-12,17,20H,5-6,9-10,13-16H2,(H,25,27);2*(H,6,7). The molecular weight excluding hydrogens is 576 g/mol. The molecule has 3 N–H and O–H groups in total. The molecule has 1 aliphatic carbocycles. The minimum Gasteiger partial charge on any atom is -0.487 e. The van der Waals surface area contributed by atoms with Crippen molar-refractivity contribution in [2.24, 2.45) is 5.92 Å². The van der Waals surface area contributed by atoms with Gasteiger partial charge in [-0.1, -0.05) is 18.2 Å². The van der Waals surface area contributed by atoms with E-state index in [4.69, 9.17) is 24.5 Å². The van der Waals surface area contributed by atoms with Gasteiger partial charge in [-0.15, -0.1) is 0 Å². The molecule has 1 unspecified atom stereocenters. The van der Waals surface area contributed by atoms with Crippen molar-refractivity contribution in [1.29, 1.82) is 0 Å². The number of carbonyl (C=O) groups excluding carboxylic acids is 1. The molecule has 1 saturated carbocycles. The first-order chi connectivity index (χ1) is 19.6. The number of aliphatic carboxylic acids is 2. The highest BCUT2D eigenvalue weighted by Gasteiger charge is 2.44. The third-order valence-electron chi connectivity index (χ3n) is 6.91. The molecule has 2 fully saturated rings. The summed E-state index contributed by atoms with van der Waals surface area (Å²) in [6.45, 7) is 3.42. The summed E-state index contributed by atoms with van der Waals surface area (Å²) in [7, 11) is 0. The molecule has 5 rings (SSSR count).